The molecule has 5 heteroatoms. The molecule has 0 aromatic heterocycles. The summed E-state index contributed by atoms with van der Waals surface area (Å²) in [6, 6.07) is 4.76. The Morgan fingerprint density at radius 3 is 2.94 bits per heavy atom. The van der Waals surface area contributed by atoms with Gasteiger partial charge >= 0.3 is 6.09 Å². The zero-order valence-corrected chi connectivity index (χ0v) is 10.9. The Hall–Kier alpha value is -0.850. The molecule has 1 aromatic rings. The van der Waals surface area contributed by atoms with E-state index in [4.69, 9.17) is 4.74 Å². The number of anilines is 1. The Bertz CT molecular complexity index is 424. The molecule has 0 N–H and O–H groups in total. The third-order valence-corrected chi connectivity index (χ3v) is 3.50. The van der Waals surface area contributed by atoms with E-state index in [0.29, 0.717) is 17.8 Å². The summed E-state index contributed by atoms with van der Waals surface area (Å²) in [7, 11) is 0. The summed E-state index contributed by atoms with van der Waals surface area (Å²) < 4.78 is 19.2. The summed E-state index contributed by atoms with van der Waals surface area (Å²) in [4.78, 5) is 13.0. The van der Waals surface area contributed by atoms with Crippen LogP contribution in [0.3, 0.4) is 0 Å². The highest BCUT2D eigenvalue weighted by molar-refractivity contribution is 14.1. The molecule has 0 spiro atoms. The Balaban J connectivity index is 2.24. The van der Waals surface area contributed by atoms with E-state index in [1.165, 1.54) is 11.0 Å². The van der Waals surface area contributed by atoms with Gasteiger partial charge in [-0.3, -0.25) is 4.90 Å². The fourth-order valence-corrected chi connectivity index (χ4v) is 2.02. The number of alkyl halides is 1. The highest BCUT2D eigenvalue weighted by atomic mass is 127. The zero-order valence-electron chi connectivity index (χ0n) is 8.74. The van der Waals surface area contributed by atoms with Gasteiger partial charge in [-0.2, -0.15) is 0 Å². The van der Waals surface area contributed by atoms with Crippen LogP contribution in [0.4, 0.5) is 14.9 Å². The van der Waals surface area contributed by atoms with Crippen molar-refractivity contribution >= 4 is 34.4 Å². The van der Waals surface area contributed by atoms with Crippen LogP contribution in [0.5, 0.6) is 0 Å². The molecule has 1 saturated heterocycles. The van der Waals surface area contributed by atoms with Crippen molar-refractivity contribution in [2.45, 2.75) is 13.0 Å². The van der Waals surface area contributed by atoms with Crippen LogP contribution in [0.2, 0.25) is 0 Å². The van der Waals surface area contributed by atoms with Crippen LogP contribution in [0.1, 0.15) is 5.56 Å². The lowest BCUT2D eigenvalue weighted by molar-refractivity contribution is 0.153. The number of hydrogen-bond acceptors (Lipinski definition) is 2. The fraction of sp³-hybridized carbons (Fsp3) is 0.364. The van der Waals surface area contributed by atoms with Crippen molar-refractivity contribution in [3.8, 4) is 0 Å². The molecule has 0 radical (unpaired) electrons. The smallest absolute Gasteiger partial charge is 0.414 e. The lowest BCUT2D eigenvalue weighted by Gasteiger charge is -2.13. The van der Waals surface area contributed by atoms with Gasteiger partial charge in [-0.1, -0.05) is 28.7 Å². The number of carbonyl (C=O) groups excluding carboxylic acids is 1. The normalized spacial score (nSPS) is 20.1. The summed E-state index contributed by atoms with van der Waals surface area (Å²) >= 11 is 2.16. The first-order valence-corrected chi connectivity index (χ1v) is 6.44. The van der Waals surface area contributed by atoms with E-state index in [9.17, 15) is 9.18 Å². The van der Waals surface area contributed by atoms with Crippen molar-refractivity contribution < 1.29 is 13.9 Å². The number of rotatable bonds is 2. The van der Waals surface area contributed by atoms with Crippen LogP contribution in [0.15, 0.2) is 18.2 Å². The third-order valence-electron chi connectivity index (χ3n) is 2.51. The molecule has 1 amide bonds. The van der Waals surface area contributed by atoms with Gasteiger partial charge in [-0.15, -0.1) is 0 Å². The lowest BCUT2D eigenvalue weighted by atomic mass is 10.2. The Kier molecular flexibility index (Phi) is 3.32. The molecule has 16 heavy (non-hydrogen) atoms. The number of ether oxygens (including phenoxy) is 1. The minimum atomic E-state index is -0.398. The van der Waals surface area contributed by atoms with Gasteiger partial charge in [0.1, 0.15) is 11.9 Å². The summed E-state index contributed by atoms with van der Waals surface area (Å²) in [5.41, 5.74) is 1.13. The predicted octanol–water partition coefficient (Wildman–Crippen LogP) is 2.89. The molecule has 2 rings (SSSR count). The molecule has 86 valence electrons. The molecule has 1 heterocycles. The quantitative estimate of drug-likeness (QED) is 0.614. The van der Waals surface area contributed by atoms with Crippen molar-refractivity contribution in [2.75, 3.05) is 15.9 Å². The van der Waals surface area contributed by atoms with Crippen molar-refractivity contribution in [3.63, 3.8) is 0 Å². The maximum Gasteiger partial charge on any atom is 0.414 e. The van der Waals surface area contributed by atoms with Gasteiger partial charge in [0, 0.05) is 4.43 Å². The largest absolute Gasteiger partial charge is 0.443 e. The maximum atomic E-state index is 13.4. The standard InChI is InChI=1S/C11H11FINO2/c1-7-2-3-8(4-10(7)12)14-6-9(5-13)16-11(14)15/h2-4,9H,5-6H2,1H3. The van der Waals surface area contributed by atoms with E-state index in [-0.39, 0.29) is 11.9 Å². The summed E-state index contributed by atoms with van der Waals surface area (Å²) in [6.07, 6.45) is -0.498. The monoisotopic (exact) mass is 335 g/mol. The number of cyclic esters (lactones) is 1. The molecular weight excluding hydrogens is 324 g/mol. The predicted molar refractivity (Wildman–Crippen MR) is 67.6 cm³/mol. The molecule has 1 unspecified atom stereocenters. The van der Waals surface area contributed by atoms with Crippen molar-refractivity contribution in [2.24, 2.45) is 0 Å². The van der Waals surface area contributed by atoms with E-state index < -0.39 is 6.09 Å². The van der Waals surface area contributed by atoms with Crippen molar-refractivity contribution in [1.29, 1.82) is 0 Å². The lowest BCUT2D eigenvalue weighted by Crippen LogP contribution is -2.24. The fourth-order valence-electron chi connectivity index (χ4n) is 1.56. The first-order valence-electron chi connectivity index (χ1n) is 4.92. The maximum absolute atomic E-state index is 13.4. The molecule has 0 aliphatic carbocycles. The van der Waals surface area contributed by atoms with Gasteiger partial charge in [0.05, 0.1) is 12.2 Å². The number of benzene rings is 1. The van der Waals surface area contributed by atoms with Gasteiger partial charge in [0.15, 0.2) is 0 Å². The number of nitrogens with zero attached hydrogens (tertiary/aromatic N) is 1. The number of hydrogen-bond donors (Lipinski definition) is 0. The van der Waals surface area contributed by atoms with Gasteiger partial charge in [0.2, 0.25) is 0 Å². The second-order valence-electron chi connectivity index (χ2n) is 3.70. The van der Waals surface area contributed by atoms with E-state index in [0.717, 1.165) is 4.43 Å². The molecule has 0 saturated carbocycles. The van der Waals surface area contributed by atoms with E-state index in [1.807, 2.05) is 0 Å². The summed E-state index contributed by atoms with van der Waals surface area (Å²) in [5.74, 6) is -0.303. The summed E-state index contributed by atoms with van der Waals surface area (Å²) in [6.45, 7) is 2.18. The SMILES string of the molecule is Cc1ccc(N2CC(CI)OC2=O)cc1F. The molecule has 1 fully saturated rings. The second kappa shape index (κ2) is 4.57. The van der Waals surface area contributed by atoms with E-state index in [1.54, 1.807) is 19.1 Å². The van der Waals surface area contributed by atoms with Gasteiger partial charge in [0.25, 0.3) is 0 Å². The zero-order chi connectivity index (χ0) is 11.7. The minimum Gasteiger partial charge on any atom is -0.443 e. The van der Waals surface area contributed by atoms with Crippen LogP contribution < -0.4 is 4.90 Å². The van der Waals surface area contributed by atoms with Crippen LogP contribution in [-0.2, 0) is 4.74 Å². The topological polar surface area (TPSA) is 29.5 Å². The molecule has 3 nitrogen and oxygen atoms in total. The first-order chi connectivity index (χ1) is 7.61. The van der Waals surface area contributed by atoms with Gasteiger partial charge < -0.3 is 4.74 Å². The van der Waals surface area contributed by atoms with E-state index >= 15 is 0 Å². The molecular formula is C11H11FINO2. The van der Waals surface area contributed by atoms with Crippen LogP contribution >= 0.6 is 22.6 Å². The van der Waals surface area contributed by atoms with Crippen LogP contribution in [0.25, 0.3) is 0 Å². The molecule has 1 aliphatic heterocycles. The van der Waals surface area contributed by atoms with Crippen LogP contribution in [-0.4, -0.2) is 23.2 Å². The highest BCUT2D eigenvalue weighted by Crippen LogP contribution is 2.24. The van der Waals surface area contributed by atoms with Crippen molar-refractivity contribution in [1.82, 2.24) is 0 Å². The number of amides is 1. The Morgan fingerprint density at radius 2 is 2.38 bits per heavy atom. The highest BCUT2D eigenvalue weighted by Gasteiger charge is 2.31. The average Bonchev–Trinajstić information content (AvgIpc) is 2.64. The van der Waals surface area contributed by atoms with Crippen molar-refractivity contribution in [3.05, 3.63) is 29.6 Å². The molecule has 0 bridgehead atoms. The minimum absolute atomic E-state index is 0.0996. The number of aryl methyl sites for hydroxylation is 1. The average molecular weight is 335 g/mol. The number of carbonyl (C=O) groups is 1. The molecule has 1 atom stereocenters. The van der Waals surface area contributed by atoms with Crippen LogP contribution in [0, 0.1) is 12.7 Å². The first kappa shape index (κ1) is 11.6. The van der Waals surface area contributed by atoms with Gasteiger partial charge in [-0.25, -0.2) is 9.18 Å². The number of halogens is 2. The Morgan fingerprint density at radius 1 is 1.62 bits per heavy atom. The van der Waals surface area contributed by atoms with E-state index in [2.05, 4.69) is 22.6 Å². The Labute approximate surface area is 107 Å². The molecule has 1 aromatic carbocycles. The third kappa shape index (κ3) is 2.14. The molecule has 1 aliphatic rings. The summed E-state index contributed by atoms with van der Waals surface area (Å²) in [5, 5.41) is 0. The second-order valence-corrected chi connectivity index (χ2v) is 4.58. The van der Waals surface area contributed by atoms with Gasteiger partial charge in [-0.05, 0) is 24.6 Å².